The van der Waals surface area contributed by atoms with Gasteiger partial charge in [-0.05, 0) is 43.7 Å². The van der Waals surface area contributed by atoms with Crippen LogP contribution < -0.4 is 0 Å². The van der Waals surface area contributed by atoms with E-state index in [1.165, 1.54) is 26.3 Å². The van der Waals surface area contributed by atoms with Crippen molar-refractivity contribution >= 4 is 22.9 Å². The van der Waals surface area contributed by atoms with E-state index in [-0.39, 0.29) is 30.6 Å². The molecule has 0 aliphatic heterocycles. The number of nitrogens with zero attached hydrogens (tertiary/aromatic N) is 2. The lowest BCUT2D eigenvalue weighted by Crippen LogP contribution is -2.30. The Balaban J connectivity index is 1.95. The first kappa shape index (κ1) is 24.6. The topological polar surface area (TPSA) is 74.9 Å². The van der Waals surface area contributed by atoms with E-state index in [0.717, 1.165) is 32.8 Å². The maximum atomic E-state index is 13.6. The van der Waals surface area contributed by atoms with E-state index < -0.39 is 12.2 Å². The van der Waals surface area contributed by atoms with Crippen molar-refractivity contribution in [2.45, 2.75) is 44.9 Å². The summed E-state index contributed by atoms with van der Waals surface area (Å²) in [5, 5.41) is 22.8. The monoisotopic (exact) mass is 454 g/mol. The molecule has 2 N–H and O–H groups in total. The zero-order valence-electron chi connectivity index (χ0n) is 19.4. The average Bonchev–Trinajstić information content (AvgIpc) is 3.11. The van der Waals surface area contributed by atoms with Crippen LogP contribution >= 0.6 is 0 Å². The average molecular weight is 455 g/mol. The van der Waals surface area contributed by atoms with Crippen molar-refractivity contribution in [3.05, 3.63) is 66.1 Å². The van der Waals surface area contributed by atoms with Gasteiger partial charge in [-0.15, -0.1) is 0 Å². The summed E-state index contributed by atoms with van der Waals surface area (Å²) >= 11 is 0. The third-order valence-corrected chi connectivity index (χ3v) is 5.62. The van der Waals surface area contributed by atoms with E-state index in [0.29, 0.717) is 0 Å². The van der Waals surface area contributed by atoms with Crippen LogP contribution in [0, 0.1) is 5.82 Å². The minimum Gasteiger partial charge on any atom is -0.392 e. The lowest BCUT2D eigenvalue weighted by Gasteiger charge is -2.17. The second-order valence-electron chi connectivity index (χ2n) is 8.34. The van der Waals surface area contributed by atoms with Crippen molar-refractivity contribution in [3.63, 3.8) is 0 Å². The number of aromatic nitrogens is 1. The van der Waals surface area contributed by atoms with Crippen molar-refractivity contribution in [1.29, 1.82) is 0 Å². The van der Waals surface area contributed by atoms with Gasteiger partial charge < -0.3 is 14.8 Å². The number of halogens is 1. The highest BCUT2D eigenvalue weighted by molar-refractivity contribution is 6.01. The largest absolute Gasteiger partial charge is 0.392 e. The molecule has 33 heavy (non-hydrogen) atoms. The van der Waals surface area contributed by atoms with Crippen LogP contribution in [0.25, 0.3) is 28.1 Å². The van der Waals surface area contributed by atoms with Gasteiger partial charge in [-0.3, -0.25) is 9.63 Å². The highest BCUT2D eigenvalue weighted by Gasteiger charge is 2.20. The van der Waals surface area contributed by atoms with Gasteiger partial charge in [0.1, 0.15) is 5.82 Å². The van der Waals surface area contributed by atoms with Gasteiger partial charge in [0.05, 0.1) is 25.7 Å². The molecule has 0 spiro atoms. The number of carbonyl (C=O) groups is 1. The van der Waals surface area contributed by atoms with E-state index >= 15 is 0 Å². The van der Waals surface area contributed by atoms with Crippen LogP contribution in [0.5, 0.6) is 0 Å². The molecule has 0 bridgehead atoms. The Kier molecular flexibility index (Phi) is 8.02. The molecule has 7 heteroatoms. The number of carbonyl (C=O) groups excluding carboxylic acids is 1. The molecule has 0 radical (unpaired) electrons. The summed E-state index contributed by atoms with van der Waals surface area (Å²) in [6.45, 7) is 4.16. The fourth-order valence-electron chi connectivity index (χ4n) is 4.00. The van der Waals surface area contributed by atoms with Crippen LogP contribution in [0.3, 0.4) is 0 Å². The van der Waals surface area contributed by atoms with Crippen LogP contribution in [-0.2, 0) is 9.63 Å². The van der Waals surface area contributed by atoms with E-state index in [2.05, 4.69) is 18.4 Å². The van der Waals surface area contributed by atoms with Gasteiger partial charge in [-0.2, -0.15) is 0 Å². The maximum absolute atomic E-state index is 13.6. The van der Waals surface area contributed by atoms with Gasteiger partial charge in [-0.25, -0.2) is 9.45 Å². The van der Waals surface area contributed by atoms with Crippen molar-refractivity contribution < 1.29 is 24.2 Å². The molecule has 0 fully saturated rings. The Hall–Kier alpha value is -3.00. The molecule has 2 atom stereocenters. The predicted octanol–water partition coefficient (Wildman–Crippen LogP) is 4.56. The zero-order valence-corrected chi connectivity index (χ0v) is 19.4. The summed E-state index contributed by atoms with van der Waals surface area (Å²) in [6.07, 6.45) is 1.34. The number of hydrogen-bond donors (Lipinski definition) is 2. The summed E-state index contributed by atoms with van der Waals surface area (Å²) in [6, 6.07) is 14.5. The first-order valence-electron chi connectivity index (χ1n) is 11.0. The van der Waals surface area contributed by atoms with E-state index in [9.17, 15) is 19.4 Å². The van der Waals surface area contributed by atoms with E-state index in [1.54, 1.807) is 18.2 Å². The molecule has 2 aromatic carbocycles. The number of rotatable bonds is 9. The van der Waals surface area contributed by atoms with Gasteiger partial charge in [-0.1, -0.05) is 36.4 Å². The lowest BCUT2D eigenvalue weighted by atomic mass is 10.0. The smallest absolute Gasteiger partial charge is 0.248 e. The Morgan fingerprint density at radius 2 is 1.82 bits per heavy atom. The van der Waals surface area contributed by atoms with Gasteiger partial charge in [0.25, 0.3) is 0 Å². The predicted molar refractivity (Wildman–Crippen MR) is 128 cm³/mol. The first-order valence-corrected chi connectivity index (χ1v) is 11.0. The molecule has 1 amide bonds. The van der Waals surface area contributed by atoms with Gasteiger partial charge in [0.15, 0.2) is 0 Å². The standard InChI is InChI=1S/C26H31FN2O4/c1-17(2)29-23-8-6-5-7-22(23)26(18-9-11-19(27)12-10-18)24(29)14-13-20(30)15-21(31)16-25(32)28(3)33-4/h5-14,17,20-21,30-31H,15-16H2,1-4H3/b14-13+/t20-,21-/m1/s1. The molecule has 0 unspecified atom stereocenters. The van der Waals surface area contributed by atoms with Crippen LogP contribution in [0.1, 0.15) is 38.4 Å². The van der Waals surface area contributed by atoms with Crippen molar-refractivity contribution in [3.8, 4) is 11.1 Å². The van der Waals surface area contributed by atoms with Crippen LogP contribution in [0.2, 0.25) is 0 Å². The van der Waals surface area contributed by atoms with Crippen LogP contribution in [-0.4, -0.2) is 52.1 Å². The van der Waals surface area contributed by atoms with Crippen molar-refractivity contribution in [2.75, 3.05) is 14.2 Å². The second kappa shape index (κ2) is 10.7. The molecular formula is C26H31FN2O4. The number of amides is 1. The Morgan fingerprint density at radius 1 is 1.15 bits per heavy atom. The molecule has 0 saturated carbocycles. The highest BCUT2D eigenvalue weighted by atomic mass is 19.1. The minimum absolute atomic E-state index is 0.00752. The molecule has 3 rings (SSSR count). The van der Waals surface area contributed by atoms with E-state index in [4.69, 9.17) is 4.84 Å². The molecule has 0 aliphatic carbocycles. The normalized spacial score (nSPS) is 13.7. The Morgan fingerprint density at radius 3 is 2.45 bits per heavy atom. The van der Waals surface area contributed by atoms with Crippen LogP contribution in [0.15, 0.2) is 54.6 Å². The lowest BCUT2D eigenvalue weighted by molar-refractivity contribution is -0.170. The number of hydroxylamine groups is 2. The molecule has 1 heterocycles. The SMILES string of the molecule is CON(C)C(=O)C[C@H](O)C[C@H](O)/C=C/c1c(-c2ccc(F)cc2)c2ccccc2n1C(C)C. The summed E-state index contributed by atoms with van der Waals surface area (Å²) in [4.78, 5) is 16.7. The van der Waals surface area contributed by atoms with Crippen molar-refractivity contribution in [2.24, 2.45) is 0 Å². The van der Waals surface area contributed by atoms with Gasteiger partial charge in [0.2, 0.25) is 5.91 Å². The Labute approximate surface area is 193 Å². The summed E-state index contributed by atoms with van der Waals surface area (Å²) in [7, 11) is 2.83. The van der Waals surface area contributed by atoms with E-state index in [1.807, 2.05) is 30.3 Å². The Bertz CT molecular complexity index is 1120. The van der Waals surface area contributed by atoms with Gasteiger partial charge in [0, 0.05) is 41.7 Å². The summed E-state index contributed by atoms with van der Waals surface area (Å²) in [5.74, 6) is -0.679. The third-order valence-electron chi connectivity index (χ3n) is 5.62. The van der Waals surface area contributed by atoms with Gasteiger partial charge >= 0.3 is 0 Å². The number of benzene rings is 2. The number of aliphatic hydroxyl groups excluding tert-OH is 2. The fraction of sp³-hybridized carbons (Fsp3) is 0.346. The van der Waals surface area contributed by atoms with Crippen LogP contribution in [0.4, 0.5) is 4.39 Å². The minimum atomic E-state index is -1.01. The molecule has 0 aliphatic rings. The molecule has 176 valence electrons. The van der Waals surface area contributed by atoms with Crippen molar-refractivity contribution in [1.82, 2.24) is 9.63 Å². The highest BCUT2D eigenvalue weighted by Crippen LogP contribution is 2.38. The molecule has 6 nitrogen and oxygen atoms in total. The molecule has 3 aromatic rings. The number of para-hydroxylation sites is 1. The first-order chi connectivity index (χ1) is 15.7. The zero-order chi connectivity index (χ0) is 24.1. The second-order valence-corrected chi connectivity index (χ2v) is 8.34. The third kappa shape index (κ3) is 5.68. The summed E-state index contributed by atoms with van der Waals surface area (Å²) < 4.78 is 15.7. The molecule has 0 saturated heterocycles. The maximum Gasteiger partial charge on any atom is 0.248 e. The molecular weight excluding hydrogens is 423 g/mol. The number of aliphatic hydroxyl groups is 2. The number of hydrogen-bond acceptors (Lipinski definition) is 4. The quantitative estimate of drug-likeness (QED) is 0.465. The molecule has 1 aromatic heterocycles. The number of fused-ring (bicyclic) bond motifs is 1. The summed E-state index contributed by atoms with van der Waals surface area (Å²) in [5.41, 5.74) is 3.73. The fourth-order valence-corrected chi connectivity index (χ4v) is 4.00.